The number of aliphatic hydroxyl groups excluding tert-OH is 1. The lowest BCUT2D eigenvalue weighted by Crippen LogP contribution is -2.48. The van der Waals surface area contributed by atoms with Gasteiger partial charge < -0.3 is 10.4 Å². The summed E-state index contributed by atoms with van der Waals surface area (Å²) in [5.41, 5.74) is -0.390. The van der Waals surface area contributed by atoms with E-state index in [2.05, 4.69) is 5.32 Å². The van der Waals surface area contributed by atoms with Gasteiger partial charge in [-0.25, -0.2) is 8.78 Å². The summed E-state index contributed by atoms with van der Waals surface area (Å²) in [7, 11) is 0. The van der Waals surface area contributed by atoms with Crippen molar-refractivity contribution in [3.05, 3.63) is 34.9 Å². The van der Waals surface area contributed by atoms with Gasteiger partial charge in [-0.15, -0.1) is 0 Å². The molecule has 20 heavy (non-hydrogen) atoms. The van der Waals surface area contributed by atoms with Crippen molar-refractivity contribution in [3.8, 4) is 0 Å². The van der Waals surface area contributed by atoms with Gasteiger partial charge in [0.2, 0.25) is 0 Å². The van der Waals surface area contributed by atoms with Crippen LogP contribution in [0, 0.1) is 18.6 Å². The average molecular weight is 284 g/mol. The number of aliphatic hydroxyl groups is 1. The highest BCUT2D eigenvalue weighted by Gasteiger charge is 2.36. The van der Waals surface area contributed by atoms with Crippen LogP contribution in [0.15, 0.2) is 12.1 Å². The summed E-state index contributed by atoms with van der Waals surface area (Å²) in [6.07, 6.45) is 0.922. The molecule has 0 amide bonds. The Bertz CT molecular complexity index is 473. The molecule has 112 valence electrons. The van der Waals surface area contributed by atoms with Gasteiger partial charge in [0.15, 0.2) is 0 Å². The molecule has 1 aromatic carbocycles. The fourth-order valence-electron chi connectivity index (χ4n) is 2.75. The number of aryl methyl sites for hydroxylation is 1. The van der Waals surface area contributed by atoms with Crippen LogP contribution in [0.5, 0.6) is 0 Å². The van der Waals surface area contributed by atoms with E-state index >= 15 is 0 Å². The maximum atomic E-state index is 14.2. The van der Waals surface area contributed by atoms with Gasteiger partial charge in [-0.05, 0) is 44.5 Å². The molecule has 0 bridgehead atoms. The number of nitrogens with zero attached hydrogens (tertiary/aromatic N) is 1. The molecule has 2 rings (SSSR count). The summed E-state index contributed by atoms with van der Waals surface area (Å²) < 4.78 is 28.0. The number of benzene rings is 1. The lowest BCUT2D eigenvalue weighted by Gasteiger charge is -2.40. The first-order valence-electron chi connectivity index (χ1n) is 7.02. The van der Waals surface area contributed by atoms with E-state index in [4.69, 9.17) is 0 Å². The van der Waals surface area contributed by atoms with Crippen molar-refractivity contribution in [1.29, 1.82) is 0 Å². The fourth-order valence-corrected chi connectivity index (χ4v) is 2.75. The third kappa shape index (κ3) is 2.85. The zero-order chi connectivity index (χ0) is 14.8. The van der Waals surface area contributed by atoms with E-state index in [9.17, 15) is 13.9 Å². The van der Waals surface area contributed by atoms with E-state index in [0.29, 0.717) is 6.54 Å². The number of hydrogen-bond donors (Lipinski definition) is 2. The molecule has 1 unspecified atom stereocenters. The molecule has 1 aliphatic rings. The Hall–Kier alpha value is -1.04. The first kappa shape index (κ1) is 15.4. The Kier molecular flexibility index (Phi) is 4.73. The largest absolute Gasteiger partial charge is 0.394 e. The number of hydrogen-bond acceptors (Lipinski definition) is 3. The molecule has 1 saturated heterocycles. The highest BCUT2D eigenvalue weighted by Crippen LogP contribution is 2.31. The molecule has 1 atom stereocenters. The van der Waals surface area contributed by atoms with Crippen molar-refractivity contribution in [2.45, 2.75) is 25.8 Å². The van der Waals surface area contributed by atoms with Gasteiger partial charge in [0.1, 0.15) is 11.6 Å². The normalized spacial score (nSPS) is 20.4. The second-order valence-electron chi connectivity index (χ2n) is 5.60. The molecule has 1 heterocycles. The zero-order valence-corrected chi connectivity index (χ0v) is 12.0. The van der Waals surface area contributed by atoms with Gasteiger partial charge in [-0.1, -0.05) is 0 Å². The van der Waals surface area contributed by atoms with Gasteiger partial charge in [0.25, 0.3) is 0 Å². The van der Waals surface area contributed by atoms with Gasteiger partial charge in [-0.2, -0.15) is 0 Å². The molecule has 0 radical (unpaired) electrons. The van der Waals surface area contributed by atoms with E-state index in [0.717, 1.165) is 26.1 Å². The van der Waals surface area contributed by atoms with E-state index in [-0.39, 0.29) is 17.7 Å². The van der Waals surface area contributed by atoms with Crippen LogP contribution in [0.3, 0.4) is 0 Å². The Morgan fingerprint density at radius 2 is 2.00 bits per heavy atom. The summed E-state index contributed by atoms with van der Waals surface area (Å²) in [5, 5.41) is 13.1. The van der Waals surface area contributed by atoms with Crippen molar-refractivity contribution >= 4 is 0 Å². The standard InChI is InChI=1S/C15H22F2N2O/c1-11-8-14(17)12(9-13(11)16)15(2,10-20)19-6-3-4-18-5-7-19/h8-9,18,20H,3-7,10H2,1-2H3. The third-order valence-corrected chi connectivity index (χ3v) is 4.17. The van der Waals surface area contributed by atoms with Crippen LogP contribution in [-0.2, 0) is 5.54 Å². The Morgan fingerprint density at radius 1 is 1.25 bits per heavy atom. The quantitative estimate of drug-likeness (QED) is 0.888. The molecule has 0 spiro atoms. The number of rotatable bonds is 3. The molecule has 0 aliphatic carbocycles. The topological polar surface area (TPSA) is 35.5 Å². The van der Waals surface area contributed by atoms with E-state index in [1.54, 1.807) is 6.92 Å². The fraction of sp³-hybridized carbons (Fsp3) is 0.600. The molecule has 5 heteroatoms. The predicted octanol–water partition coefficient (Wildman–Crippen LogP) is 1.78. The van der Waals surface area contributed by atoms with Crippen molar-refractivity contribution < 1.29 is 13.9 Å². The second kappa shape index (κ2) is 6.16. The molecule has 1 aromatic rings. The Morgan fingerprint density at radius 3 is 2.70 bits per heavy atom. The highest BCUT2D eigenvalue weighted by atomic mass is 19.1. The van der Waals surface area contributed by atoms with Crippen LogP contribution in [0.25, 0.3) is 0 Å². The number of halogens is 2. The minimum absolute atomic E-state index is 0.227. The molecule has 3 nitrogen and oxygen atoms in total. The molecular weight excluding hydrogens is 262 g/mol. The Balaban J connectivity index is 2.41. The van der Waals surface area contributed by atoms with Crippen molar-refractivity contribution in [2.75, 3.05) is 32.8 Å². The highest BCUT2D eigenvalue weighted by molar-refractivity contribution is 5.31. The molecular formula is C15H22F2N2O. The second-order valence-corrected chi connectivity index (χ2v) is 5.60. The lowest BCUT2D eigenvalue weighted by molar-refractivity contribution is 0.0422. The summed E-state index contributed by atoms with van der Waals surface area (Å²) >= 11 is 0. The van der Waals surface area contributed by atoms with Crippen LogP contribution >= 0.6 is 0 Å². The van der Waals surface area contributed by atoms with Crippen LogP contribution in [-0.4, -0.2) is 42.8 Å². The predicted molar refractivity (Wildman–Crippen MR) is 74.6 cm³/mol. The summed E-state index contributed by atoms with van der Waals surface area (Å²) in [4.78, 5) is 2.03. The van der Waals surface area contributed by atoms with Gasteiger partial charge >= 0.3 is 0 Å². The molecule has 2 N–H and O–H groups in total. The summed E-state index contributed by atoms with van der Waals surface area (Å²) in [6, 6.07) is 2.42. The SMILES string of the molecule is Cc1cc(F)c(C(C)(CO)N2CCCNCC2)cc1F. The number of nitrogens with one attached hydrogen (secondary N) is 1. The Labute approximate surface area is 118 Å². The maximum Gasteiger partial charge on any atom is 0.128 e. The smallest absolute Gasteiger partial charge is 0.128 e. The van der Waals surface area contributed by atoms with Crippen molar-refractivity contribution in [1.82, 2.24) is 10.2 Å². The first-order chi connectivity index (χ1) is 9.49. The van der Waals surface area contributed by atoms with Crippen molar-refractivity contribution in [2.24, 2.45) is 0 Å². The van der Waals surface area contributed by atoms with E-state index < -0.39 is 17.2 Å². The van der Waals surface area contributed by atoms with E-state index in [1.165, 1.54) is 19.1 Å². The van der Waals surface area contributed by atoms with Crippen LogP contribution in [0.2, 0.25) is 0 Å². The van der Waals surface area contributed by atoms with Crippen LogP contribution in [0.1, 0.15) is 24.5 Å². The zero-order valence-electron chi connectivity index (χ0n) is 12.0. The van der Waals surface area contributed by atoms with Crippen LogP contribution < -0.4 is 5.32 Å². The average Bonchev–Trinajstić information content (AvgIpc) is 2.71. The molecule has 0 saturated carbocycles. The maximum absolute atomic E-state index is 14.2. The lowest BCUT2D eigenvalue weighted by atomic mass is 9.89. The monoisotopic (exact) mass is 284 g/mol. The summed E-state index contributed by atoms with van der Waals surface area (Å²) in [5.74, 6) is -0.897. The van der Waals surface area contributed by atoms with Gasteiger partial charge in [0, 0.05) is 25.2 Å². The summed E-state index contributed by atoms with van der Waals surface area (Å²) in [6.45, 7) is 6.20. The van der Waals surface area contributed by atoms with Gasteiger partial charge in [-0.3, -0.25) is 4.90 Å². The van der Waals surface area contributed by atoms with Gasteiger partial charge in [0.05, 0.1) is 12.1 Å². The molecule has 1 fully saturated rings. The first-order valence-corrected chi connectivity index (χ1v) is 7.02. The molecule has 1 aliphatic heterocycles. The van der Waals surface area contributed by atoms with Crippen molar-refractivity contribution in [3.63, 3.8) is 0 Å². The van der Waals surface area contributed by atoms with E-state index in [1.807, 2.05) is 4.90 Å². The molecule has 0 aromatic heterocycles. The minimum atomic E-state index is -0.898. The van der Waals surface area contributed by atoms with Crippen LogP contribution in [0.4, 0.5) is 8.78 Å². The third-order valence-electron chi connectivity index (χ3n) is 4.17. The minimum Gasteiger partial charge on any atom is -0.394 e.